The van der Waals surface area contributed by atoms with Crippen LogP contribution in [-0.4, -0.2) is 20.0 Å². The Labute approximate surface area is 151 Å². The van der Waals surface area contributed by atoms with Gasteiger partial charge in [0.1, 0.15) is 11.2 Å². The number of nitrogens with zero attached hydrogens (tertiary/aromatic N) is 1. The molecule has 0 unspecified atom stereocenters. The summed E-state index contributed by atoms with van der Waals surface area (Å²) in [6, 6.07) is 18.2. The third-order valence-corrected chi connectivity index (χ3v) is 5.31. The normalized spacial score (nSPS) is 15.9. The molecule has 1 amide bonds. The van der Waals surface area contributed by atoms with Crippen LogP contribution in [0.25, 0.3) is 11.1 Å². The number of hydrogen-bond donors (Lipinski definition) is 2. The molecule has 1 aromatic heterocycles. The summed E-state index contributed by atoms with van der Waals surface area (Å²) >= 11 is 1.58. The van der Waals surface area contributed by atoms with Crippen LogP contribution in [0, 0.1) is 0 Å². The molecule has 2 N–H and O–H groups in total. The number of hydrogen-bond acceptors (Lipinski definition) is 4. The quantitative estimate of drug-likeness (QED) is 0.739. The van der Waals surface area contributed by atoms with Gasteiger partial charge in [-0.1, -0.05) is 42.5 Å². The van der Waals surface area contributed by atoms with E-state index in [0.29, 0.717) is 0 Å². The van der Waals surface area contributed by atoms with Crippen molar-refractivity contribution < 1.29 is 4.79 Å². The van der Waals surface area contributed by atoms with E-state index < -0.39 is 0 Å². The number of amides is 1. The molecular formula is C20H19N3OS. The Morgan fingerprint density at radius 2 is 1.68 bits per heavy atom. The van der Waals surface area contributed by atoms with Gasteiger partial charge in [0.2, 0.25) is 0 Å². The van der Waals surface area contributed by atoms with E-state index in [1.165, 1.54) is 0 Å². The summed E-state index contributed by atoms with van der Waals surface area (Å²) < 4.78 is 0. The Bertz CT molecular complexity index is 900. The fourth-order valence-corrected chi connectivity index (χ4v) is 4.02. The number of fused-ring (bicyclic) bond motifs is 1. The lowest BCUT2D eigenvalue weighted by Gasteiger charge is -2.27. The fourth-order valence-electron chi connectivity index (χ4n) is 3.02. The summed E-state index contributed by atoms with van der Waals surface area (Å²) in [5.74, 6) is -0.0319. The fraction of sp³-hybridized carbons (Fsp3) is 0.150. The predicted molar refractivity (Wildman–Crippen MR) is 104 cm³/mol. The standard InChI is InChI=1S/C20H19N3OS/c1-23(2)15-10-8-14(9-11-15)18-21-19(24)17-16(12-25-20(17)22-18)13-6-4-3-5-7-13/h3-12,18,22H,1-2H3,(H,21,24)/t18-/m1/s1. The molecule has 0 spiro atoms. The van der Waals surface area contributed by atoms with Crippen molar-refractivity contribution in [3.8, 4) is 11.1 Å². The predicted octanol–water partition coefficient (Wildman–Crippen LogP) is 4.34. The Balaban J connectivity index is 1.64. The van der Waals surface area contributed by atoms with Crippen LogP contribution in [0.3, 0.4) is 0 Å². The molecule has 2 heterocycles. The van der Waals surface area contributed by atoms with E-state index in [4.69, 9.17) is 0 Å². The Hall–Kier alpha value is -2.79. The number of rotatable bonds is 3. The van der Waals surface area contributed by atoms with Crippen LogP contribution >= 0.6 is 11.3 Å². The molecule has 2 aromatic carbocycles. The van der Waals surface area contributed by atoms with Crippen LogP contribution in [0.1, 0.15) is 22.1 Å². The zero-order chi connectivity index (χ0) is 17.4. The van der Waals surface area contributed by atoms with Gasteiger partial charge < -0.3 is 15.5 Å². The average Bonchev–Trinajstić information content (AvgIpc) is 3.07. The van der Waals surface area contributed by atoms with E-state index in [-0.39, 0.29) is 12.1 Å². The zero-order valence-corrected chi connectivity index (χ0v) is 14.9. The first-order valence-corrected chi connectivity index (χ1v) is 9.03. The molecule has 25 heavy (non-hydrogen) atoms. The molecule has 3 aromatic rings. The first-order valence-electron chi connectivity index (χ1n) is 8.15. The van der Waals surface area contributed by atoms with Crippen molar-refractivity contribution in [3.05, 3.63) is 71.1 Å². The number of carbonyl (C=O) groups is 1. The Morgan fingerprint density at radius 3 is 2.36 bits per heavy atom. The molecule has 4 nitrogen and oxygen atoms in total. The van der Waals surface area contributed by atoms with E-state index in [1.54, 1.807) is 11.3 Å². The lowest BCUT2D eigenvalue weighted by molar-refractivity contribution is 0.0937. The summed E-state index contributed by atoms with van der Waals surface area (Å²) in [6.45, 7) is 0. The van der Waals surface area contributed by atoms with Crippen molar-refractivity contribution >= 4 is 27.9 Å². The maximum atomic E-state index is 12.7. The van der Waals surface area contributed by atoms with Gasteiger partial charge >= 0.3 is 0 Å². The monoisotopic (exact) mass is 349 g/mol. The SMILES string of the molecule is CN(C)c1ccc([C@@H]2NC(=O)c3c(-c4ccccc4)csc3N2)cc1. The second-order valence-corrected chi connectivity index (χ2v) is 7.14. The average molecular weight is 349 g/mol. The molecular weight excluding hydrogens is 330 g/mol. The molecule has 126 valence electrons. The Morgan fingerprint density at radius 1 is 0.960 bits per heavy atom. The largest absolute Gasteiger partial charge is 0.378 e. The topological polar surface area (TPSA) is 44.4 Å². The number of anilines is 2. The van der Waals surface area contributed by atoms with Gasteiger partial charge in [0.25, 0.3) is 5.91 Å². The molecule has 0 saturated carbocycles. The van der Waals surface area contributed by atoms with Gasteiger partial charge in [-0.05, 0) is 23.3 Å². The molecule has 0 fully saturated rings. The molecule has 5 heteroatoms. The minimum absolute atomic E-state index is 0.0319. The third kappa shape index (κ3) is 2.87. The van der Waals surface area contributed by atoms with Crippen molar-refractivity contribution in [2.24, 2.45) is 0 Å². The second-order valence-electron chi connectivity index (χ2n) is 6.26. The number of benzene rings is 2. The van der Waals surface area contributed by atoms with E-state index >= 15 is 0 Å². The molecule has 4 rings (SSSR count). The highest BCUT2D eigenvalue weighted by molar-refractivity contribution is 7.15. The van der Waals surface area contributed by atoms with E-state index in [1.807, 2.05) is 61.9 Å². The molecule has 1 aliphatic rings. The summed E-state index contributed by atoms with van der Waals surface area (Å²) in [4.78, 5) is 14.8. The third-order valence-electron chi connectivity index (χ3n) is 4.40. The number of thiophene rings is 1. The van der Waals surface area contributed by atoms with Gasteiger partial charge in [-0.15, -0.1) is 11.3 Å². The van der Waals surface area contributed by atoms with Gasteiger partial charge in [-0.25, -0.2) is 0 Å². The molecule has 0 bridgehead atoms. The van der Waals surface area contributed by atoms with Gasteiger partial charge in [0, 0.05) is 30.7 Å². The first kappa shape index (κ1) is 15.7. The number of carbonyl (C=O) groups excluding carboxylic acids is 1. The molecule has 0 aliphatic carbocycles. The van der Waals surface area contributed by atoms with Gasteiger partial charge in [-0.3, -0.25) is 4.79 Å². The smallest absolute Gasteiger partial charge is 0.256 e. The maximum absolute atomic E-state index is 12.7. The molecule has 0 radical (unpaired) electrons. The summed E-state index contributed by atoms with van der Waals surface area (Å²) in [5, 5.41) is 9.50. The summed E-state index contributed by atoms with van der Waals surface area (Å²) in [7, 11) is 4.03. The van der Waals surface area contributed by atoms with Crippen LogP contribution in [-0.2, 0) is 0 Å². The Kier molecular flexibility index (Phi) is 3.93. The van der Waals surface area contributed by atoms with E-state index in [9.17, 15) is 4.79 Å². The van der Waals surface area contributed by atoms with Gasteiger partial charge in [-0.2, -0.15) is 0 Å². The van der Waals surface area contributed by atoms with Crippen LogP contribution < -0.4 is 15.5 Å². The van der Waals surface area contributed by atoms with Crippen molar-refractivity contribution in [2.75, 3.05) is 24.3 Å². The summed E-state index contributed by atoms with van der Waals surface area (Å²) in [6.07, 6.45) is -0.210. The van der Waals surface area contributed by atoms with Crippen LogP contribution in [0.4, 0.5) is 10.7 Å². The van der Waals surface area contributed by atoms with Crippen LogP contribution in [0.5, 0.6) is 0 Å². The molecule has 1 aliphatic heterocycles. The summed E-state index contributed by atoms with van der Waals surface area (Å²) in [5.41, 5.74) is 4.95. The van der Waals surface area contributed by atoms with Gasteiger partial charge in [0.15, 0.2) is 0 Å². The first-order chi connectivity index (χ1) is 12.1. The van der Waals surface area contributed by atoms with Gasteiger partial charge in [0.05, 0.1) is 5.56 Å². The van der Waals surface area contributed by atoms with Crippen molar-refractivity contribution in [3.63, 3.8) is 0 Å². The van der Waals surface area contributed by atoms with Crippen LogP contribution in [0.15, 0.2) is 60.0 Å². The van der Waals surface area contributed by atoms with E-state index in [0.717, 1.165) is 32.9 Å². The highest BCUT2D eigenvalue weighted by Crippen LogP contribution is 2.39. The lowest BCUT2D eigenvalue weighted by atomic mass is 10.0. The second kappa shape index (κ2) is 6.26. The highest BCUT2D eigenvalue weighted by Gasteiger charge is 2.29. The van der Waals surface area contributed by atoms with E-state index in [2.05, 4.69) is 27.7 Å². The van der Waals surface area contributed by atoms with Crippen molar-refractivity contribution in [2.45, 2.75) is 6.17 Å². The van der Waals surface area contributed by atoms with Crippen molar-refractivity contribution in [1.29, 1.82) is 0 Å². The lowest BCUT2D eigenvalue weighted by Crippen LogP contribution is -2.37. The maximum Gasteiger partial charge on any atom is 0.256 e. The van der Waals surface area contributed by atoms with Crippen LogP contribution in [0.2, 0.25) is 0 Å². The number of nitrogens with one attached hydrogen (secondary N) is 2. The van der Waals surface area contributed by atoms with Crippen molar-refractivity contribution in [1.82, 2.24) is 5.32 Å². The highest BCUT2D eigenvalue weighted by atomic mass is 32.1. The molecule has 0 saturated heterocycles. The minimum Gasteiger partial charge on any atom is -0.378 e. The minimum atomic E-state index is -0.210. The molecule has 1 atom stereocenters. The zero-order valence-electron chi connectivity index (χ0n) is 14.1.